The van der Waals surface area contributed by atoms with Crippen molar-refractivity contribution >= 4 is 42.5 Å². The summed E-state index contributed by atoms with van der Waals surface area (Å²) in [5.41, 5.74) is 0. The first-order valence-electron chi connectivity index (χ1n) is 4.66. The molecule has 0 atom stereocenters. The number of rotatable bonds is 4. The van der Waals surface area contributed by atoms with E-state index in [2.05, 4.69) is 30.2 Å². The zero-order valence-electron chi connectivity index (χ0n) is 9.12. The highest BCUT2D eigenvalue weighted by Crippen LogP contribution is 2.28. The fraction of sp³-hybridized carbons (Fsp3) is 0.111. The molecule has 2 rings (SSSR count). The van der Waals surface area contributed by atoms with Crippen LogP contribution in [0.1, 0.15) is 0 Å². The van der Waals surface area contributed by atoms with Gasteiger partial charge in [0.15, 0.2) is 0 Å². The molecular weight excluding hydrogens is 342 g/mol. The van der Waals surface area contributed by atoms with Crippen LogP contribution < -0.4 is 9.46 Å². The van der Waals surface area contributed by atoms with Crippen LogP contribution in [0.15, 0.2) is 33.8 Å². The van der Waals surface area contributed by atoms with Gasteiger partial charge < -0.3 is 4.74 Å². The number of sulfonamides is 1. The smallest absolute Gasteiger partial charge is 0.262 e. The Kier molecular flexibility index (Phi) is 3.83. The molecular formula is C9H8BrN3O3S2. The van der Waals surface area contributed by atoms with Crippen LogP contribution in [0.5, 0.6) is 5.75 Å². The summed E-state index contributed by atoms with van der Waals surface area (Å²) in [5.74, 6) is 0.563. The quantitative estimate of drug-likeness (QED) is 0.913. The second-order valence-corrected chi connectivity index (χ2v) is 6.51. The molecule has 9 heteroatoms. The number of nitrogens with one attached hydrogen (secondary N) is 1. The van der Waals surface area contributed by atoms with Crippen molar-refractivity contribution in [3.05, 3.63) is 28.9 Å². The van der Waals surface area contributed by atoms with E-state index >= 15 is 0 Å². The molecule has 1 aromatic heterocycles. The molecule has 1 N–H and O–H groups in total. The van der Waals surface area contributed by atoms with Crippen molar-refractivity contribution in [1.29, 1.82) is 0 Å². The largest absolute Gasteiger partial charge is 0.496 e. The number of ether oxygens (including phenoxy) is 1. The third kappa shape index (κ3) is 2.79. The van der Waals surface area contributed by atoms with Gasteiger partial charge in [-0.2, -0.15) is 0 Å². The number of halogens is 1. The van der Waals surface area contributed by atoms with Gasteiger partial charge in [-0.05, 0) is 34.1 Å². The average Bonchev–Trinajstić information content (AvgIpc) is 2.81. The molecule has 0 fully saturated rings. The Morgan fingerprint density at radius 3 is 2.78 bits per heavy atom. The summed E-state index contributed by atoms with van der Waals surface area (Å²) in [6.07, 6.45) is 1.35. The summed E-state index contributed by atoms with van der Waals surface area (Å²) in [6, 6.07) is 4.50. The van der Waals surface area contributed by atoms with E-state index in [4.69, 9.17) is 4.74 Å². The second-order valence-electron chi connectivity index (χ2n) is 3.18. The van der Waals surface area contributed by atoms with Crippen molar-refractivity contribution in [1.82, 2.24) is 9.59 Å². The predicted octanol–water partition coefficient (Wildman–Crippen LogP) is 2.11. The van der Waals surface area contributed by atoms with Crippen molar-refractivity contribution in [2.45, 2.75) is 4.90 Å². The number of hydrogen-bond acceptors (Lipinski definition) is 6. The van der Waals surface area contributed by atoms with Gasteiger partial charge in [0.05, 0.1) is 22.7 Å². The first-order chi connectivity index (χ1) is 8.53. The molecule has 2 aromatic rings. The summed E-state index contributed by atoms with van der Waals surface area (Å²) < 4.78 is 35.6. The maximum Gasteiger partial charge on any atom is 0.262 e. The van der Waals surface area contributed by atoms with Crippen molar-refractivity contribution in [3.8, 4) is 5.75 Å². The minimum atomic E-state index is -3.64. The molecule has 0 bridgehead atoms. The minimum Gasteiger partial charge on any atom is -0.496 e. The number of hydrogen-bond donors (Lipinski definition) is 1. The molecule has 18 heavy (non-hydrogen) atoms. The van der Waals surface area contributed by atoms with Gasteiger partial charge in [0.25, 0.3) is 10.0 Å². The van der Waals surface area contributed by atoms with Gasteiger partial charge in [-0.1, -0.05) is 4.49 Å². The lowest BCUT2D eigenvalue weighted by molar-refractivity contribution is 0.411. The first-order valence-corrected chi connectivity index (χ1v) is 7.71. The summed E-state index contributed by atoms with van der Waals surface area (Å²) in [6.45, 7) is 0. The van der Waals surface area contributed by atoms with Crippen molar-refractivity contribution in [2.75, 3.05) is 11.8 Å². The highest BCUT2D eigenvalue weighted by molar-refractivity contribution is 9.10. The standard InChI is InChI=1S/C9H8BrN3O3S2/c1-16-8-3-2-6(4-7(8)10)18(14,15)12-9-5-11-13-17-9/h2-5,12H,1H3. The summed E-state index contributed by atoms with van der Waals surface area (Å²) in [4.78, 5) is 0.128. The molecule has 0 saturated heterocycles. The van der Waals surface area contributed by atoms with Crippen molar-refractivity contribution in [3.63, 3.8) is 0 Å². The van der Waals surface area contributed by atoms with Crippen LogP contribution in [-0.4, -0.2) is 25.1 Å². The van der Waals surface area contributed by atoms with E-state index in [-0.39, 0.29) is 4.90 Å². The highest BCUT2D eigenvalue weighted by Gasteiger charge is 2.16. The van der Waals surface area contributed by atoms with Crippen LogP contribution in [0.25, 0.3) is 0 Å². The van der Waals surface area contributed by atoms with Gasteiger partial charge in [0.1, 0.15) is 10.8 Å². The molecule has 0 radical (unpaired) electrons. The van der Waals surface area contributed by atoms with E-state index in [0.717, 1.165) is 11.5 Å². The SMILES string of the molecule is COc1ccc(S(=O)(=O)Nc2cnns2)cc1Br. The third-order valence-corrected chi connectivity index (χ3v) is 4.72. The molecule has 96 valence electrons. The molecule has 6 nitrogen and oxygen atoms in total. The van der Waals surface area contributed by atoms with Crippen LogP contribution in [0.2, 0.25) is 0 Å². The molecule has 1 aromatic carbocycles. The summed E-state index contributed by atoms with van der Waals surface area (Å²) in [7, 11) is -2.13. The number of nitrogens with zero attached hydrogens (tertiary/aromatic N) is 2. The summed E-state index contributed by atoms with van der Waals surface area (Å²) in [5, 5.41) is 3.92. The number of methoxy groups -OCH3 is 1. The molecule has 1 heterocycles. The number of anilines is 1. The van der Waals surface area contributed by atoms with E-state index in [1.54, 1.807) is 6.07 Å². The summed E-state index contributed by atoms with van der Waals surface area (Å²) >= 11 is 4.21. The molecule has 0 aliphatic heterocycles. The average molecular weight is 350 g/mol. The fourth-order valence-corrected chi connectivity index (χ4v) is 3.62. The van der Waals surface area contributed by atoms with E-state index in [9.17, 15) is 8.42 Å². The van der Waals surface area contributed by atoms with E-state index in [0.29, 0.717) is 15.2 Å². The molecule has 0 saturated carbocycles. The van der Waals surface area contributed by atoms with Crippen molar-refractivity contribution in [2.24, 2.45) is 0 Å². The Hall–Kier alpha value is -1.19. The molecule has 0 unspecified atom stereocenters. The van der Waals surface area contributed by atoms with Crippen LogP contribution in [0.4, 0.5) is 5.00 Å². The van der Waals surface area contributed by atoms with E-state index < -0.39 is 10.0 Å². The molecule has 0 aliphatic carbocycles. The van der Waals surface area contributed by atoms with Gasteiger partial charge >= 0.3 is 0 Å². The normalized spacial score (nSPS) is 11.2. The monoisotopic (exact) mass is 349 g/mol. The predicted molar refractivity (Wildman–Crippen MR) is 71.4 cm³/mol. The lowest BCUT2D eigenvalue weighted by Crippen LogP contribution is -2.12. The Balaban J connectivity index is 2.33. The molecule has 0 amide bonds. The van der Waals surface area contributed by atoms with Crippen LogP contribution in [0, 0.1) is 0 Å². The number of benzene rings is 1. The highest BCUT2D eigenvalue weighted by atomic mass is 79.9. The Morgan fingerprint density at radius 2 is 2.22 bits per heavy atom. The van der Waals surface area contributed by atoms with Gasteiger partial charge in [0.2, 0.25) is 0 Å². The Bertz CT molecular complexity index is 643. The molecule has 0 spiro atoms. The maximum atomic E-state index is 12.0. The lowest BCUT2D eigenvalue weighted by atomic mass is 10.3. The third-order valence-electron chi connectivity index (χ3n) is 2.03. The maximum absolute atomic E-state index is 12.0. The van der Waals surface area contributed by atoms with Gasteiger partial charge in [-0.3, -0.25) is 4.72 Å². The minimum absolute atomic E-state index is 0.128. The second kappa shape index (κ2) is 5.21. The van der Waals surface area contributed by atoms with Gasteiger partial charge in [-0.15, -0.1) is 5.10 Å². The first kappa shape index (κ1) is 13.2. The topological polar surface area (TPSA) is 81.2 Å². The van der Waals surface area contributed by atoms with Crippen molar-refractivity contribution < 1.29 is 13.2 Å². The van der Waals surface area contributed by atoms with Crippen LogP contribution >= 0.6 is 27.5 Å². The Labute approximate surface area is 116 Å². The zero-order chi connectivity index (χ0) is 13.2. The van der Waals surface area contributed by atoms with Gasteiger partial charge in [-0.25, -0.2) is 8.42 Å². The lowest BCUT2D eigenvalue weighted by Gasteiger charge is -2.07. The van der Waals surface area contributed by atoms with Crippen LogP contribution in [0.3, 0.4) is 0 Å². The molecule has 0 aliphatic rings. The van der Waals surface area contributed by atoms with E-state index in [1.807, 2.05) is 0 Å². The van der Waals surface area contributed by atoms with Gasteiger partial charge in [0, 0.05) is 11.5 Å². The zero-order valence-corrected chi connectivity index (χ0v) is 12.3. The number of aromatic nitrogens is 2. The fourth-order valence-electron chi connectivity index (χ4n) is 1.22. The Morgan fingerprint density at radius 1 is 1.44 bits per heavy atom. The van der Waals surface area contributed by atoms with Crippen LogP contribution in [-0.2, 0) is 10.0 Å². The van der Waals surface area contributed by atoms with E-state index in [1.165, 1.54) is 25.4 Å².